The molecule has 1 amide bonds. The number of carbonyl (C=O) groups is 1. The molecular weight excluding hydrogens is 376 g/mol. The Morgan fingerprint density at radius 1 is 1.14 bits per heavy atom. The number of nitrogens with zero attached hydrogens (tertiary/aromatic N) is 1. The number of rotatable bonds is 4. The molecule has 0 bridgehead atoms. The zero-order valence-electron chi connectivity index (χ0n) is 16.9. The molecule has 1 aliphatic heterocycles. The van der Waals surface area contributed by atoms with E-state index < -0.39 is 10.0 Å². The molecule has 0 saturated carbocycles. The van der Waals surface area contributed by atoms with Crippen LogP contribution in [0.4, 0.5) is 11.4 Å². The summed E-state index contributed by atoms with van der Waals surface area (Å²) in [4.78, 5) is 12.8. The number of hydrogen-bond acceptors (Lipinski definition) is 4. The minimum Gasteiger partial charge on any atom is -0.495 e. The Bertz CT molecular complexity index is 1020. The molecule has 0 saturated heterocycles. The molecule has 0 unspecified atom stereocenters. The van der Waals surface area contributed by atoms with Gasteiger partial charge in [-0.25, -0.2) is 8.42 Å². The summed E-state index contributed by atoms with van der Waals surface area (Å²) < 4.78 is 30.5. The van der Waals surface area contributed by atoms with E-state index >= 15 is 0 Å². The van der Waals surface area contributed by atoms with Crippen molar-refractivity contribution < 1.29 is 17.9 Å². The van der Waals surface area contributed by atoms with Crippen LogP contribution in [-0.4, -0.2) is 34.2 Å². The quantitative estimate of drug-likeness (QED) is 0.848. The van der Waals surface area contributed by atoms with Gasteiger partial charge in [0, 0.05) is 12.1 Å². The van der Waals surface area contributed by atoms with Crippen LogP contribution in [0.1, 0.15) is 42.3 Å². The minimum atomic E-state index is -3.31. The third kappa shape index (κ3) is 3.99. The summed E-state index contributed by atoms with van der Waals surface area (Å²) in [5, 5.41) is 2.93. The van der Waals surface area contributed by atoms with Crippen LogP contribution in [-0.2, 0) is 21.9 Å². The van der Waals surface area contributed by atoms with Crippen molar-refractivity contribution in [2.45, 2.75) is 32.6 Å². The Kier molecular flexibility index (Phi) is 5.14. The second-order valence-electron chi connectivity index (χ2n) is 8.05. The summed E-state index contributed by atoms with van der Waals surface area (Å²) in [5.41, 5.74) is 3.62. The number of anilines is 2. The van der Waals surface area contributed by atoms with E-state index in [0.29, 0.717) is 35.7 Å². The monoisotopic (exact) mass is 402 g/mol. The fourth-order valence-corrected chi connectivity index (χ4v) is 4.28. The average molecular weight is 403 g/mol. The summed E-state index contributed by atoms with van der Waals surface area (Å²) in [5.74, 6) is 0.329. The van der Waals surface area contributed by atoms with Crippen molar-refractivity contribution in [3.05, 3.63) is 53.1 Å². The van der Waals surface area contributed by atoms with Crippen LogP contribution < -0.4 is 14.4 Å². The van der Waals surface area contributed by atoms with Gasteiger partial charge < -0.3 is 10.1 Å². The number of benzene rings is 2. The van der Waals surface area contributed by atoms with Crippen molar-refractivity contribution in [2.24, 2.45) is 0 Å². The van der Waals surface area contributed by atoms with Crippen molar-refractivity contribution in [3.63, 3.8) is 0 Å². The first-order valence-electron chi connectivity index (χ1n) is 9.11. The standard InChI is InChI=1S/C21H26N2O4S/c1-21(2,3)16-7-9-19(27-4)17(13-16)22-20(24)15-6-8-18-14(12-15)10-11-23(18)28(5,25)26/h6-9,12-13H,10-11H2,1-5H3,(H,22,24). The van der Waals surface area contributed by atoms with Gasteiger partial charge in [0.15, 0.2) is 0 Å². The van der Waals surface area contributed by atoms with Gasteiger partial charge in [-0.3, -0.25) is 9.10 Å². The van der Waals surface area contributed by atoms with Crippen LogP contribution in [0.25, 0.3) is 0 Å². The van der Waals surface area contributed by atoms with Crippen LogP contribution >= 0.6 is 0 Å². The lowest BCUT2D eigenvalue weighted by atomic mass is 9.87. The lowest BCUT2D eigenvalue weighted by molar-refractivity contribution is 0.102. The number of amides is 1. The molecule has 2 aromatic rings. The van der Waals surface area contributed by atoms with E-state index in [1.807, 2.05) is 18.2 Å². The topological polar surface area (TPSA) is 75.7 Å². The van der Waals surface area contributed by atoms with Crippen molar-refractivity contribution in [1.82, 2.24) is 0 Å². The smallest absolute Gasteiger partial charge is 0.255 e. The molecule has 7 heteroatoms. The number of methoxy groups -OCH3 is 1. The van der Waals surface area contributed by atoms with E-state index in [4.69, 9.17) is 4.74 Å². The van der Waals surface area contributed by atoms with Crippen LogP contribution in [0.15, 0.2) is 36.4 Å². The van der Waals surface area contributed by atoms with Crippen LogP contribution in [0, 0.1) is 0 Å². The van der Waals surface area contributed by atoms with E-state index in [-0.39, 0.29) is 11.3 Å². The van der Waals surface area contributed by atoms with E-state index in [1.54, 1.807) is 25.3 Å². The zero-order valence-corrected chi connectivity index (χ0v) is 17.7. The van der Waals surface area contributed by atoms with Gasteiger partial charge in [0.05, 0.1) is 24.7 Å². The van der Waals surface area contributed by atoms with Crippen molar-refractivity contribution >= 4 is 27.3 Å². The fourth-order valence-electron chi connectivity index (χ4n) is 3.32. The van der Waals surface area contributed by atoms with Gasteiger partial charge >= 0.3 is 0 Å². The summed E-state index contributed by atoms with van der Waals surface area (Å²) in [6.45, 7) is 6.72. The van der Waals surface area contributed by atoms with E-state index in [0.717, 1.165) is 11.1 Å². The zero-order chi connectivity index (χ0) is 20.7. The minimum absolute atomic E-state index is 0.0611. The van der Waals surface area contributed by atoms with Crippen molar-refractivity contribution in [3.8, 4) is 5.75 Å². The molecule has 3 rings (SSSR count). The van der Waals surface area contributed by atoms with Gasteiger partial charge in [-0.2, -0.15) is 0 Å². The Balaban J connectivity index is 1.89. The molecule has 2 aromatic carbocycles. The first-order chi connectivity index (χ1) is 13.0. The highest BCUT2D eigenvalue weighted by Crippen LogP contribution is 2.33. The molecule has 0 fully saturated rings. The number of carbonyl (C=O) groups excluding carboxylic acids is 1. The maximum Gasteiger partial charge on any atom is 0.255 e. The second kappa shape index (κ2) is 7.13. The molecule has 28 heavy (non-hydrogen) atoms. The molecule has 1 heterocycles. The van der Waals surface area contributed by atoms with Gasteiger partial charge in [0.2, 0.25) is 10.0 Å². The van der Waals surface area contributed by atoms with Crippen LogP contribution in [0.2, 0.25) is 0 Å². The number of fused-ring (bicyclic) bond motifs is 1. The van der Waals surface area contributed by atoms with Crippen molar-refractivity contribution in [2.75, 3.05) is 29.5 Å². The fraction of sp³-hybridized carbons (Fsp3) is 0.381. The second-order valence-corrected chi connectivity index (χ2v) is 9.95. The van der Waals surface area contributed by atoms with Crippen LogP contribution in [0.5, 0.6) is 5.75 Å². The molecule has 0 aliphatic carbocycles. The summed E-state index contributed by atoms with van der Waals surface area (Å²) >= 11 is 0. The predicted molar refractivity (Wildman–Crippen MR) is 112 cm³/mol. The molecule has 1 N–H and O–H groups in total. The van der Waals surface area contributed by atoms with Gasteiger partial charge in [-0.1, -0.05) is 26.8 Å². The number of ether oxygens (including phenoxy) is 1. The van der Waals surface area contributed by atoms with E-state index in [1.165, 1.54) is 10.6 Å². The normalized spacial score (nSPS) is 14.0. The lowest BCUT2D eigenvalue weighted by Crippen LogP contribution is -2.27. The summed E-state index contributed by atoms with van der Waals surface area (Å²) in [6, 6.07) is 10.9. The third-order valence-electron chi connectivity index (χ3n) is 4.91. The number of sulfonamides is 1. The highest BCUT2D eigenvalue weighted by Gasteiger charge is 2.27. The molecule has 0 aromatic heterocycles. The molecule has 1 aliphatic rings. The first-order valence-corrected chi connectivity index (χ1v) is 11.0. The molecule has 0 atom stereocenters. The molecule has 150 valence electrons. The molecular formula is C21H26N2O4S. The number of hydrogen-bond donors (Lipinski definition) is 1. The Morgan fingerprint density at radius 2 is 1.86 bits per heavy atom. The Morgan fingerprint density at radius 3 is 2.46 bits per heavy atom. The average Bonchev–Trinajstić information content (AvgIpc) is 3.04. The van der Waals surface area contributed by atoms with Gasteiger partial charge in [-0.15, -0.1) is 0 Å². The van der Waals surface area contributed by atoms with Crippen molar-refractivity contribution in [1.29, 1.82) is 0 Å². The Labute approximate surface area is 166 Å². The first kappa shape index (κ1) is 20.2. The highest BCUT2D eigenvalue weighted by molar-refractivity contribution is 7.92. The largest absolute Gasteiger partial charge is 0.495 e. The van der Waals surface area contributed by atoms with E-state index in [2.05, 4.69) is 26.1 Å². The SMILES string of the molecule is COc1ccc(C(C)(C)C)cc1NC(=O)c1ccc2c(c1)CCN2S(C)(=O)=O. The number of nitrogens with one attached hydrogen (secondary N) is 1. The van der Waals surface area contributed by atoms with Gasteiger partial charge in [-0.05, 0) is 53.3 Å². The predicted octanol–water partition coefficient (Wildman–Crippen LogP) is 3.57. The lowest BCUT2D eigenvalue weighted by Gasteiger charge is -2.21. The third-order valence-corrected chi connectivity index (χ3v) is 6.09. The molecule has 6 nitrogen and oxygen atoms in total. The highest BCUT2D eigenvalue weighted by atomic mass is 32.2. The van der Waals surface area contributed by atoms with Gasteiger partial charge in [0.25, 0.3) is 5.91 Å². The van der Waals surface area contributed by atoms with E-state index in [9.17, 15) is 13.2 Å². The maximum atomic E-state index is 12.8. The Hall–Kier alpha value is -2.54. The molecule has 0 spiro atoms. The summed E-state index contributed by atoms with van der Waals surface area (Å²) in [6.07, 6.45) is 1.78. The maximum absolute atomic E-state index is 12.8. The van der Waals surface area contributed by atoms with Gasteiger partial charge in [0.1, 0.15) is 5.75 Å². The summed E-state index contributed by atoms with van der Waals surface area (Å²) in [7, 11) is -1.74. The molecule has 0 radical (unpaired) electrons. The van der Waals surface area contributed by atoms with Crippen LogP contribution in [0.3, 0.4) is 0 Å².